The lowest BCUT2D eigenvalue weighted by Gasteiger charge is -2.03. The summed E-state index contributed by atoms with van der Waals surface area (Å²) >= 11 is 16.3. The minimum Gasteiger partial charge on any atom is -0.246 e. The maximum absolute atomic E-state index is 12.5. The van der Waals surface area contributed by atoms with E-state index < -0.39 is 6.67 Å². The fourth-order valence-electron chi connectivity index (χ4n) is 1.31. The number of rotatable bonds is 1. The van der Waals surface area contributed by atoms with Crippen molar-refractivity contribution in [1.82, 2.24) is 0 Å². The van der Waals surface area contributed by atoms with Gasteiger partial charge in [0.05, 0.1) is 0 Å². The van der Waals surface area contributed by atoms with Gasteiger partial charge in [0.15, 0.2) is 0 Å². The summed E-state index contributed by atoms with van der Waals surface area (Å²) in [4.78, 5) is 0. The average molecular weight is 615 g/mol. The first-order valence-corrected chi connectivity index (χ1v) is 9.54. The predicted molar refractivity (Wildman–Crippen MR) is 101 cm³/mol. The van der Waals surface area contributed by atoms with Crippen LogP contribution in [-0.4, -0.2) is 0 Å². The van der Waals surface area contributed by atoms with Gasteiger partial charge >= 0.3 is 0 Å². The van der Waals surface area contributed by atoms with Crippen molar-refractivity contribution >= 4 is 79.6 Å². The zero-order chi connectivity index (χ0) is 16.2. The lowest BCUT2D eigenvalue weighted by Crippen LogP contribution is -1.84. The second kappa shape index (κ2) is 9.11. The average Bonchev–Trinajstić information content (AvgIpc) is 2.42. The van der Waals surface area contributed by atoms with E-state index in [0.717, 1.165) is 27.9 Å². The van der Waals surface area contributed by atoms with Gasteiger partial charge in [0, 0.05) is 27.9 Å². The zero-order valence-electron chi connectivity index (χ0n) is 10.7. The van der Waals surface area contributed by atoms with Crippen LogP contribution in [-0.2, 0) is 6.67 Å². The van der Waals surface area contributed by atoms with Crippen LogP contribution in [0.25, 0.3) is 0 Å². The van der Waals surface area contributed by atoms with Crippen LogP contribution in [0.2, 0.25) is 0 Å². The molecule has 0 aliphatic heterocycles. The third-order valence-electron chi connectivity index (χ3n) is 2.52. The van der Waals surface area contributed by atoms with Crippen LogP contribution in [0, 0.1) is 12.7 Å². The second-order valence-electron chi connectivity index (χ2n) is 3.95. The van der Waals surface area contributed by atoms with Gasteiger partial charge in [-0.1, -0.05) is 47.8 Å². The van der Waals surface area contributed by atoms with Gasteiger partial charge in [0.25, 0.3) is 0 Å². The van der Waals surface area contributed by atoms with E-state index in [2.05, 4.69) is 79.6 Å². The van der Waals surface area contributed by atoms with Crippen molar-refractivity contribution in [3.05, 3.63) is 63.6 Å². The van der Waals surface area contributed by atoms with Gasteiger partial charge in [-0.2, -0.15) is 0 Å². The molecule has 0 aliphatic carbocycles. The largest absolute Gasteiger partial charge is 0.246 e. The molecule has 0 aromatic heterocycles. The van der Waals surface area contributed by atoms with Gasteiger partial charge in [-0.05, 0) is 68.6 Å². The summed E-state index contributed by atoms with van der Waals surface area (Å²) in [5.74, 6) is -0.232. The number of halogens is 7. The molecule has 2 rings (SSSR count). The molecule has 114 valence electrons. The summed E-state index contributed by atoms with van der Waals surface area (Å²) in [6, 6.07) is 6.55. The molecule has 0 unspecified atom stereocenters. The first kappa shape index (κ1) is 19.7. The molecule has 0 N–H and O–H groups in total. The molecule has 0 spiro atoms. The highest BCUT2D eigenvalue weighted by Gasteiger charge is 2.07. The second-order valence-corrected chi connectivity index (χ2v) is 8.16. The molecule has 0 bridgehead atoms. The Hall–Kier alpha value is 0.700. The van der Waals surface area contributed by atoms with Crippen LogP contribution >= 0.6 is 79.6 Å². The molecular weight excluding hydrogens is 606 g/mol. The fraction of sp³-hybridized carbons (Fsp3) is 0.143. The smallest absolute Gasteiger partial charge is 0.125 e. The van der Waals surface area contributed by atoms with Gasteiger partial charge in [-0.25, -0.2) is 8.78 Å². The summed E-state index contributed by atoms with van der Waals surface area (Å²) < 4.78 is 28.9. The van der Waals surface area contributed by atoms with Crippen LogP contribution in [0.1, 0.15) is 11.1 Å². The zero-order valence-corrected chi connectivity index (χ0v) is 18.6. The van der Waals surface area contributed by atoms with E-state index in [0.29, 0.717) is 5.56 Å². The topological polar surface area (TPSA) is 0 Å². The lowest BCUT2D eigenvalue weighted by molar-refractivity contribution is 0.482. The van der Waals surface area contributed by atoms with Crippen LogP contribution < -0.4 is 0 Å². The van der Waals surface area contributed by atoms with Crippen molar-refractivity contribution in [2.75, 3.05) is 0 Å². The van der Waals surface area contributed by atoms with E-state index in [4.69, 9.17) is 0 Å². The molecule has 0 radical (unpaired) electrons. The van der Waals surface area contributed by atoms with Crippen LogP contribution in [0.3, 0.4) is 0 Å². The normalized spacial score (nSPS) is 10.1. The highest BCUT2D eigenvalue weighted by molar-refractivity contribution is 9.13. The molecular formula is C14H9Br5F2. The van der Waals surface area contributed by atoms with Crippen molar-refractivity contribution in [1.29, 1.82) is 0 Å². The summed E-state index contributed by atoms with van der Waals surface area (Å²) in [5.41, 5.74) is 1.65. The molecule has 0 heterocycles. The van der Waals surface area contributed by atoms with Crippen LogP contribution in [0.15, 0.2) is 46.6 Å². The Morgan fingerprint density at radius 3 is 1.76 bits per heavy atom. The van der Waals surface area contributed by atoms with Crippen molar-refractivity contribution in [2.45, 2.75) is 13.6 Å². The SMILES string of the molecule is Cc1c(Br)cc(F)cc1Br.FCc1c(Br)ccc(Br)c1Br. The minimum absolute atomic E-state index is 0.232. The molecule has 0 fully saturated rings. The first-order valence-electron chi connectivity index (χ1n) is 5.57. The van der Waals surface area contributed by atoms with E-state index in [1.54, 1.807) is 0 Å². The molecule has 2 aromatic rings. The van der Waals surface area contributed by atoms with Gasteiger partial charge < -0.3 is 0 Å². The Morgan fingerprint density at radius 2 is 1.33 bits per heavy atom. The van der Waals surface area contributed by atoms with E-state index in [9.17, 15) is 8.78 Å². The Labute approximate surface area is 164 Å². The molecule has 0 aliphatic rings. The summed E-state index contributed by atoms with van der Waals surface area (Å²) in [6.07, 6.45) is 0. The third-order valence-corrected chi connectivity index (χ3v) is 7.01. The molecule has 2 aromatic carbocycles. The van der Waals surface area contributed by atoms with Crippen molar-refractivity contribution in [3.63, 3.8) is 0 Å². The predicted octanol–water partition coefficient (Wildman–Crippen LogP) is 8.10. The highest BCUT2D eigenvalue weighted by Crippen LogP contribution is 2.32. The van der Waals surface area contributed by atoms with E-state index in [-0.39, 0.29) is 5.82 Å². The summed E-state index contributed by atoms with van der Waals surface area (Å²) in [6.45, 7) is 1.44. The first-order chi connectivity index (χ1) is 9.77. The summed E-state index contributed by atoms with van der Waals surface area (Å²) in [5, 5.41) is 0. The molecule has 0 saturated heterocycles. The molecule has 0 atom stereocenters. The van der Waals surface area contributed by atoms with Crippen LogP contribution in [0.4, 0.5) is 8.78 Å². The molecule has 0 saturated carbocycles. The van der Waals surface area contributed by atoms with Crippen molar-refractivity contribution in [2.24, 2.45) is 0 Å². The molecule has 0 amide bonds. The van der Waals surface area contributed by atoms with Crippen LogP contribution in [0.5, 0.6) is 0 Å². The third kappa shape index (κ3) is 5.68. The number of alkyl halides is 1. The Balaban J connectivity index is 0.000000211. The van der Waals surface area contributed by atoms with E-state index in [1.807, 2.05) is 19.1 Å². The minimum atomic E-state index is -0.472. The number of benzene rings is 2. The van der Waals surface area contributed by atoms with Gasteiger partial charge in [0.2, 0.25) is 0 Å². The monoisotopic (exact) mass is 610 g/mol. The standard InChI is InChI=1S/C7H4Br3F.C7H5Br2F/c8-5-1-2-6(9)7(10)4(5)3-11;1-4-6(8)2-5(10)3-7(4)9/h1-2H,3H2;2-3H,1H3. The lowest BCUT2D eigenvalue weighted by atomic mass is 10.2. The van der Waals surface area contributed by atoms with Gasteiger partial charge in [0.1, 0.15) is 12.5 Å². The highest BCUT2D eigenvalue weighted by atomic mass is 79.9. The quantitative estimate of drug-likeness (QED) is 0.285. The summed E-state index contributed by atoms with van der Waals surface area (Å²) in [7, 11) is 0. The Bertz CT molecular complexity index is 620. The fourth-order valence-corrected chi connectivity index (χ4v) is 3.96. The molecule has 0 nitrogen and oxygen atoms in total. The van der Waals surface area contributed by atoms with Gasteiger partial charge in [-0.3, -0.25) is 0 Å². The van der Waals surface area contributed by atoms with Crippen molar-refractivity contribution in [3.8, 4) is 0 Å². The maximum Gasteiger partial charge on any atom is 0.125 e. The number of hydrogen-bond acceptors (Lipinski definition) is 0. The Morgan fingerprint density at radius 1 is 0.857 bits per heavy atom. The molecule has 7 heteroatoms. The van der Waals surface area contributed by atoms with Crippen molar-refractivity contribution < 1.29 is 8.78 Å². The van der Waals surface area contributed by atoms with E-state index >= 15 is 0 Å². The van der Waals surface area contributed by atoms with E-state index in [1.165, 1.54) is 12.1 Å². The number of hydrogen-bond donors (Lipinski definition) is 0. The van der Waals surface area contributed by atoms with Gasteiger partial charge in [-0.15, -0.1) is 0 Å². The molecule has 21 heavy (non-hydrogen) atoms. The Kier molecular flexibility index (Phi) is 8.56. The maximum atomic E-state index is 12.5.